The van der Waals surface area contributed by atoms with E-state index in [0.717, 1.165) is 22.2 Å². The molecular weight excluding hydrogens is 202 g/mol. The number of carboxylic acid groups (broad SMARTS) is 1. The number of fused-ring (bicyclic) bond motifs is 1. The van der Waals surface area contributed by atoms with Crippen molar-refractivity contribution in [2.75, 3.05) is 0 Å². The Balaban J connectivity index is 2.78. The predicted octanol–water partition coefficient (Wildman–Crippen LogP) is 3.30. The fourth-order valence-corrected chi connectivity index (χ4v) is 1.91. The Morgan fingerprint density at radius 1 is 1.31 bits per heavy atom. The van der Waals surface area contributed by atoms with Crippen molar-refractivity contribution in [3.63, 3.8) is 0 Å². The molecule has 16 heavy (non-hydrogen) atoms. The number of aromatic nitrogens is 1. The molecule has 2 rings (SSSR count). The van der Waals surface area contributed by atoms with Crippen molar-refractivity contribution < 1.29 is 9.90 Å². The molecule has 0 spiro atoms. The minimum absolute atomic E-state index is 0.331. The summed E-state index contributed by atoms with van der Waals surface area (Å²) < 4.78 is 0. The maximum absolute atomic E-state index is 11.2. The van der Waals surface area contributed by atoms with Crippen molar-refractivity contribution in [3.8, 4) is 0 Å². The summed E-state index contributed by atoms with van der Waals surface area (Å²) in [5, 5.41) is 10.2. The number of benzene rings is 1. The molecule has 1 aromatic carbocycles. The summed E-state index contributed by atoms with van der Waals surface area (Å²) in [6.45, 7) is 6.05. The van der Waals surface area contributed by atoms with Gasteiger partial charge < -0.3 is 10.1 Å². The number of hydrogen-bond donors (Lipinski definition) is 2. The van der Waals surface area contributed by atoms with Gasteiger partial charge in [-0.1, -0.05) is 13.8 Å². The monoisotopic (exact) mass is 217 g/mol. The van der Waals surface area contributed by atoms with Crippen LogP contribution in [0.4, 0.5) is 0 Å². The van der Waals surface area contributed by atoms with Crippen molar-refractivity contribution in [2.24, 2.45) is 0 Å². The molecule has 0 saturated carbocycles. The van der Waals surface area contributed by atoms with Gasteiger partial charge in [-0.05, 0) is 36.6 Å². The molecule has 0 saturated heterocycles. The van der Waals surface area contributed by atoms with Gasteiger partial charge in [-0.3, -0.25) is 0 Å². The molecule has 0 aliphatic rings. The normalized spacial score (nSPS) is 11.2. The predicted molar refractivity (Wildman–Crippen MR) is 64.1 cm³/mol. The zero-order chi connectivity index (χ0) is 11.9. The fourth-order valence-electron chi connectivity index (χ4n) is 1.91. The molecular formula is C13H15NO2. The molecule has 2 aromatic rings. The molecule has 1 heterocycles. The SMILES string of the molecule is Cc1cc2cc(C(C)C)cc(C(=O)O)c2[nH]1. The van der Waals surface area contributed by atoms with E-state index in [9.17, 15) is 9.90 Å². The van der Waals surface area contributed by atoms with Gasteiger partial charge in [0.1, 0.15) is 0 Å². The van der Waals surface area contributed by atoms with E-state index in [0.29, 0.717) is 11.5 Å². The summed E-state index contributed by atoms with van der Waals surface area (Å²) in [5.74, 6) is -0.549. The van der Waals surface area contributed by atoms with Crippen molar-refractivity contribution in [1.29, 1.82) is 0 Å². The van der Waals surface area contributed by atoms with E-state index in [1.165, 1.54) is 0 Å². The quantitative estimate of drug-likeness (QED) is 0.810. The lowest BCUT2D eigenvalue weighted by molar-refractivity contribution is 0.0698. The van der Waals surface area contributed by atoms with Crippen LogP contribution in [0.3, 0.4) is 0 Å². The number of carbonyl (C=O) groups is 1. The lowest BCUT2D eigenvalue weighted by Crippen LogP contribution is -2.00. The highest BCUT2D eigenvalue weighted by Gasteiger charge is 2.13. The molecule has 0 aliphatic heterocycles. The molecule has 0 fully saturated rings. The number of rotatable bonds is 2. The molecule has 1 aromatic heterocycles. The van der Waals surface area contributed by atoms with Crippen LogP contribution in [0.25, 0.3) is 10.9 Å². The largest absolute Gasteiger partial charge is 0.478 e. The van der Waals surface area contributed by atoms with Gasteiger partial charge in [0.15, 0.2) is 0 Å². The zero-order valence-electron chi connectivity index (χ0n) is 9.66. The average molecular weight is 217 g/mol. The van der Waals surface area contributed by atoms with Gasteiger partial charge in [0.25, 0.3) is 0 Å². The van der Waals surface area contributed by atoms with E-state index in [2.05, 4.69) is 24.9 Å². The van der Waals surface area contributed by atoms with Crippen LogP contribution in [0.15, 0.2) is 18.2 Å². The van der Waals surface area contributed by atoms with E-state index in [4.69, 9.17) is 0 Å². The summed E-state index contributed by atoms with van der Waals surface area (Å²) in [5.41, 5.74) is 3.12. The number of H-pyrrole nitrogens is 1. The second kappa shape index (κ2) is 3.67. The van der Waals surface area contributed by atoms with Gasteiger partial charge in [-0.15, -0.1) is 0 Å². The fraction of sp³-hybridized carbons (Fsp3) is 0.308. The number of carboxylic acids is 1. The molecule has 3 nitrogen and oxygen atoms in total. The molecule has 0 radical (unpaired) electrons. The van der Waals surface area contributed by atoms with E-state index < -0.39 is 5.97 Å². The van der Waals surface area contributed by atoms with E-state index in [-0.39, 0.29) is 0 Å². The molecule has 0 aliphatic carbocycles. The van der Waals surface area contributed by atoms with Crippen LogP contribution in [0, 0.1) is 6.92 Å². The van der Waals surface area contributed by atoms with Crippen LogP contribution in [0.1, 0.15) is 41.4 Å². The first-order valence-electron chi connectivity index (χ1n) is 5.35. The number of hydrogen-bond acceptors (Lipinski definition) is 1. The molecule has 0 unspecified atom stereocenters. The maximum Gasteiger partial charge on any atom is 0.337 e. The van der Waals surface area contributed by atoms with Crippen molar-refractivity contribution in [2.45, 2.75) is 26.7 Å². The van der Waals surface area contributed by atoms with Crippen LogP contribution < -0.4 is 0 Å². The molecule has 84 valence electrons. The van der Waals surface area contributed by atoms with Crippen LogP contribution >= 0.6 is 0 Å². The minimum atomic E-state index is -0.880. The Bertz CT molecular complexity index is 552. The first kappa shape index (κ1) is 10.7. The summed E-state index contributed by atoms with van der Waals surface area (Å²) in [7, 11) is 0. The van der Waals surface area contributed by atoms with Gasteiger partial charge in [0.05, 0.1) is 11.1 Å². The first-order chi connectivity index (χ1) is 7.49. The number of aromatic amines is 1. The standard InChI is InChI=1S/C13H15NO2/c1-7(2)9-5-10-4-8(3)14-12(10)11(6-9)13(15)16/h4-7,14H,1-3H3,(H,15,16). The first-order valence-corrected chi connectivity index (χ1v) is 5.35. The van der Waals surface area contributed by atoms with Crippen LogP contribution in [-0.2, 0) is 0 Å². The highest BCUT2D eigenvalue weighted by Crippen LogP contribution is 2.25. The highest BCUT2D eigenvalue weighted by atomic mass is 16.4. The molecule has 3 heteroatoms. The second-order valence-electron chi connectivity index (χ2n) is 4.44. The summed E-state index contributed by atoms with van der Waals surface area (Å²) in [4.78, 5) is 14.3. The summed E-state index contributed by atoms with van der Waals surface area (Å²) in [6, 6.07) is 5.79. The number of aromatic carboxylic acids is 1. The Kier molecular flexibility index (Phi) is 2.46. The third-order valence-corrected chi connectivity index (χ3v) is 2.78. The smallest absolute Gasteiger partial charge is 0.337 e. The number of aryl methyl sites for hydroxylation is 1. The van der Waals surface area contributed by atoms with Gasteiger partial charge in [-0.25, -0.2) is 4.79 Å². The lowest BCUT2D eigenvalue weighted by Gasteiger charge is -2.07. The molecule has 0 atom stereocenters. The summed E-state index contributed by atoms with van der Waals surface area (Å²) >= 11 is 0. The Morgan fingerprint density at radius 2 is 2.00 bits per heavy atom. The third kappa shape index (κ3) is 1.69. The minimum Gasteiger partial charge on any atom is -0.478 e. The number of nitrogens with one attached hydrogen (secondary N) is 1. The van der Waals surface area contributed by atoms with E-state index >= 15 is 0 Å². The Hall–Kier alpha value is -1.77. The average Bonchev–Trinajstić information content (AvgIpc) is 2.55. The zero-order valence-corrected chi connectivity index (χ0v) is 9.66. The van der Waals surface area contributed by atoms with Crippen molar-refractivity contribution in [1.82, 2.24) is 4.98 Å². The molecule has 0 amide bonds. The van der Waals surface area contributed by atoms with Gasteiger partial charge in [0.2, 0.25) is 0 Å². The van der Waals surface area contributed by atoms with Gasteiger partial charge in [0, 0.05) is 11.1 Å². The van der Waals surface area contributed by atoms with Crippen LogP contribution in [-0.4, -0.2) is 16.1 Å². The Labute approximate surface area is 94.1 Å². The summed E-state index contributed by atoms with van der Waals surface area (Å²) in [6.07, 6.45) is 0. The van der Waals surface area contributed by atoms with Gasteiger partial charge >= 0.3 is 5.97 Å². The third-order valence-electron chi connectivity index (χ3n) is 2.78. The van der Waals surface area contributed by atoms with Crippen LogP contribution in [0.5, 0.6) is 0 Å². The lowest BCUT2D eigenvalue weighted by atomic mass is 9.98. The van der Waals surface area contributed by atoms with E-state index in [1.807, 2.05) is 13.0 Å². The maximum atomic E-state index is 11.2. The van der Waals surface area contributed by atoms with Crippen molar-refractivity contribution >= 4 is 16.9 Å². The van der Waals surface area contributed by atoms with Crippen molar-refractivity contribution in [3.05, 3.63) is 35.0 Å². The van der Waals surface area contributed by atoms with Gasteiger partial charge in [-0.2, -0.15) is 0 Å². The highest BCUT2D eigenvalue weighted by molar-refractivity contribution is 6.02. The van der Waals surface area contributed by atoms with E-state index in [1.54, 1.807) is 6.07 Å². The Morgan fingerprint density at radius 3 is 2.56 bits per heavy atom. The topological polar surface area (TPSA) is 53.1 Å². The molecule has 2 N–H and O–H groups in total. The van der Waals surface area contributed by atoms with Crippen LogP contribution in [0.2, 0.25) is 0 Å². The molecule has 0 bridgehead atoms. The second-order valence-corrected chi connectivity index (χ2v) is 4.44.